The number of hydrogen-bond donors (Lipinski definition) is 1. The third-order valence-corrected chi connectivity index (χ3v) is 3.65. The summed E-state index contributed by atoms with van der Waals surface area (Å²) in [7, 11) is 1.63. The van der Waals surface area contributed by atoms with Gasteiger partial charge in [-0.3, -0.25) is 4.79 Å². The van der Waals surface area contributed by atoms with Crippen molar-refractivity contribution in [3.05, 3.63) is 35.0 Å². The lowest BCUT2D eigenvalue weighted by molar-refractivity contribution is 0.0820. The molecule has 0 radical (unpaired) electrons. The summed E-state index contributed by atoms with van der Waals surface area (Å²) in [5.41, 5.74) is 5.40. The van der Waals surface area contributed by atoms with Gasteiger partial charge in [-0.05, 0) is 23.6 Å². The Morgan fingerprint density at radius 1 is 1.50 bits per heavy atom. The summed E-state index contributed by atoms with van der Waals surface area (Å²) in [6.45, 7) is 0.233. The highest BCUT2D eigenvalue weighted by Crippen LogP contribution is 2.27. The average Bonchev–Trinajstić information content (AvgIpc) is 2.69. The summed E-state index contributed by atoms with van der Waals surface area (Å²) >= 11 is 6.02. The van der Waals surface area contributed by atoms with Crippen LogP contribution in [0, 0.1) is 5.82 Å². The highest BCUT2D eigenvalue weighted by molar-refractivity contribution is 7.80. The second kappa shape index (κ2) is 4.99. The minimum absolute atomic E-state index is 0.163. The number of hydrogen-bond acceptors (Lipinski definition) is 3. The maximum atomic E-state index is 13.1. The second-order valence-electron chi connectivity index (χ2n) is 3.92. The van der Waals surface area contributed by atoms with E-state index in [2.05, 4.69) is 0 Å². The van der Waals surface area contributed by atoms with E-state index in [1.807, 2.05) is 0 Å². The molecule has 0 spiro atoms. The number of nitrogens with zero attached hydrogens (tertiary/aromatic N) is 1. The molecule has 2 aromatic rings. The molecule has 94 valence electrons. The van der Waals surface area contributed by atoms with Gasteiger partial charge in [0.1, 0.15) is 5.82 Å². The normalized spacial score (nSPS) is 10.6. The van der Waals surface area contributed by atoms with Crippen LogP contribution in [0.1, 0.15) is 9.67 Å². The molecule has 0 fully saturated rings. The van der Waals surface area contributed by atoms with Crippen molar-refractivity contribution in [2.24, 2.45) is 5.73 Å². The van der Waals surface area contributed by atoms with Gasteiger partial charge >= 0.3 is 0 Å². The van der Waals surface area contributed by atoms with E-state index in [0.29, 0.717) is 4.88 Å². The van der Waals surface area contributed by atoms with Crippen molar-refractivity contribution in [1.82, 2.24) is 4.90 Å². The molecule has 0 unspecified atom stereocenters. The topological polar surface area (TPSA) is 46.3 Å². The Kier molecular flexibility index (Phi) is 3.58. The highest BCUT2D eigenvalue weighted by atomic mass is 32.1. The van der Waals surface area contributed by atoms with Crippen molar-refractivity contribution in [3.63, 3.8) is 0 Å². The molecule has 0 saturated carbocycles. The summed E-state index contributed by atoms with van der Waals surface area (Å²) in [4.78, 5) is 14.3. The zero-order valence-electron chi connectivity index (χ0n) is 9.64. The third kappa shape index (κ3) is 2.65. The molecule has 1 amide bonds. The van der Waals surface area contributed by atoms with Crippen LogP contribution < -0.4 is 5.73 Å². The first kappa shape index (κ1) is 12.9. The Morgan fingerprint density at radius 3 is 2.89 bits per heavy atom. The molecule has 0 bridgehead atoms. The number of amides is 1. The lowest BCUT2D eigenvalue weighted by atomic mass is 10.2. The number of nitrogens with two attached hydrogens (primary N) is 1. The quantitative estimate of drug-likeness (QED) is 0.879. The molecule has 0 aliphatic rings. The van der Waals surface area contributed by atoms with E-state index < -0.39 is 0 Å². The Labute approximate surface area is 113 Å². The molecule has 0 saturated heterocycles. The Hall–Kier alpha value is -1.53. The monoisotopic (exact) mass is 282 g/mol. The zero-order valence-corrected chi connectivity index (χ0v) is 11.3. The van der Waals surface area contributed by atoms with Crippen LogP contribution in [0.5, 0.6) is 0 Å². The summed E-state index contributed by atoms with van der Waals surface area (Å²) in [5.74, 6) is -0.468. The van der Waals surface area contributed by atoms with Gasteiger partial charge in [-0.1, -0.05) is 18.3 Å². The van der Waals surface area contributed by atoms with Crippen LogP contribution in [0.3, 0.4) is 0 Å². The molecule has 0 aliphatic heterocycles. The van der Waals surface area contributed by atoms with Crippen molar-refractivity contribution in [2.75, 3.05) is 13.6 Å². The number of likely N-dealkylation sites (N-methyl/N-ethyl adjacent to an activating group) is 1. The van der Waals surface area contributed by atoms with E-state index >= 15 is 0 Å². The summed E-state index contributed by atoms with van der Waals surface area (Å²) in [6, 6.07) is 6.20. The minimum atomic E-state index is -0.306. The second-order valence-corrected chi connectivity index (χ2v) is 5.53. The van der Waals surface area contributed by atoms with E-state index in [1.165, 1.54) is 28.4 Å². The average molecular weight is 282 g/mol. The highest BCUT2D eigenvalue weighted by Gasteiger charge is 2.15. The van der Waals surface area contributed by atoms with Crippen LogP contribution in [0.4, 0.5) is 4.39 Å². The maximum absolute atomic E-state index is 13.1. The molecule has 1 aromatic heterocycles. The molecule has 18 heavy (non-hydrogen) atoms. The molecule has 6 heteroatoms. The van der Waals surface area contributed by atoms with Crippen molar-refractivity contribution in [2.45, 2.75) is 0 Å². The van der Waals surface area contributed by atoms with Gasteiger partial charge in [0.2, 0.25) is 0 Å². The SMILES string of the molecule is CN(CC(N)=S)C(=O)c1cc2ccc(F)cc2s1. The predicted molar refractivity (Wildman–Crippen MR) is 75.5 cm³/mol. The molecule has 3 nitrogen and oxygen atoms in total. The van der Waals surface area contributed by atoms with Crippen LogP contribution in [-0.2, 0) is 0 Å². The van der Waals surface area contributed by atoms with Gasteiger partial charge < -0.3 is 10.6 Å². The molecule has 2 rings (SSSR count). The Bertz CT molecular complexity index is 624. The minimum Gasteiger partial charge on any atom is -0.392 e. The molecular formula is C12H11FN2OS2. The predicted octanol–water partition coefficient (Wildman–Crippen LogP) is 2.40. The first-order valence-electron chi connectivity index (χ1n) is 5.20. The number of benzene rings is 1. The summed E-state index contributed by atoms with van der Waals surface area (Å²) in [6.07, 6.45) is 0. The van der Waals surface area contributed by atoms with Gasteiger partial charge in [0.15, 0.2) is 0 Å². The van der Waals surface area contributed by atoms with Crippen LogP contribution >= 0.6 is 23.6 Å². The van der Waals surface area contributed by atoms with Gasteiger partial charge in [0.05, 0.1) is 16.4 Å². The molecule has 1 heterocycles. The Morgan fingerprint density at radius 2 is 2.22 bits per heavy atom. The summed E-state index contributed by atoms with van der Waals surface area (Å²) in [5, 5.41) is 0.855. The lowest BCUT2D eigenvalue weighted by Crippen LogP contribution is -2.33. The number of carbonyl (C=O) groups is 1. The fraction of sp³-hybridized carbons (Fsp3) is 0.167. The number of thiocarbonyl (C=S) groups is 1. The molecule has 0 atom stereocenters. The lowest BCUT2D eigenvalue weighted by Gasteiger charge is -2.14. The van der Waals surface area contributed by atoms with E-state index in [9.17, 15) is 9.18 Å². The maximum Gasteiger partial charge on any atom is 0.264 e. The van der Waals surface area contributed by atoms with E-state index in [0.717, 1.165) is 10.1 Å². The molecule has 1 aromatic carbocycles. The third-order valence-electron chi connectivity index (χ3n) is 2.43. The van der Waals surface area contributed by atoms with Crippen molar-refractivity contribution in [3.8, 4) is 0 Å². The number of halogens is 1. The fourth-order valence-corrected chi connectivity index (χ4v) is 2.88. The van der Waals surface area contributed by atoms with E-state index in [4.69, 9.17) is 18.0 Å². The zero-order chi connectivity index (χ0) is 13.3. The van der Waals surface area contributed by atoms with Crippen molar-refractivity contribution in [1.29, 1.82) is 0 Å². The van der Waals surface area contributed by atoms with Crippen LogP contribution in [0.2, 0.25) is 0 Å². The van der Waals surface area contributed by atoms with Gasteiger partial charge in [-0.15, -0.1) is 11.3 Å². The molecule has 0 aliphatic carbocycles. The standard InChI is InChI=1S/C12H11FN2OS2/c1-15(6-11(14)17)12(16)10-4-7-2-3-8(13)5-9(7)18-10/h2-5H,6H2,1H3,(H2,14,17). The molecule has 2 N–H and O–H groups in total. The van der Waals surface area contributed by atoms with Gasteiger partial charge in [-0.25, -0.2) is 4.39 Å². The van der Waals surface area contributed by atoms with Gasteiger partial charge in [-0.2, -0.15) is 0 Å². The smallest absolute Gasteiger partial charge is 0.264 e. The molecular weight excluding hydrogens is 271 g/mol. The van der Waals surface area contributed by atoms with Crippen molar-refractivity contribution < 1.29 is 9.18 Å². The fourth-order valence-electron chi connectivity index (χ4n) is 1.60. The Balaban J connectivity index is 2.30. The summed E-state index contributed by atoms with van der Waals surface area (Å²) < 4.78 is 13.8. The first-order chi connectivity index (χ1) is 8.47. The number of thiophene rings is 1. The van der Waals surface area contributed by atoms with Crippen LogP contribution in [0.25, 0.3) is 10.1 Å². The van der Waals surface area contributed by atoms with Crippen molar-refractivity contribution >= 4 is 44.5 Å². The number of carbonyl (C=O) groups excluding carboxylic acids is 1. The van der Waals surface area contributed by atoms with Gasteiger partial charge in [0.25, 0.3) is 5.91 Å². The number of fused-ring (bicyclic) bond motifs is 1. The van der Waals surface area contributed by atoms with Crippen LogP contribution in [-0.4, -0.2) is 29.4 Å². The number of rotatable bonds is 3. The van der Waals surface area contributed by atoms with Gasteiger partial charge in [0, 0.05) is 11.7 Å². The van der Waals surface area contributed by atoms with E-state index in [1.54, 1.807) is 19.2 Å². The van der Waals surface area contributed by atoms with Crippen LogP contribution in [0.15, 0.2) is 24.3 Å². The van der Waals surface area contributed by atoms with E-state index in [-0.39, 0.29) is 23.3 Å². The largest absolute Gasteiger partial charge is 0.392 e. The first-order valence-corrected chi connectivity index (χ1v) is 6.42.